The minimum absolute atomic E-state index is 0.128. The molecular weight excluding hydrogens is 208 g/mol. The fourth-order valence-corrected chi connectivity index (χ4v) is 1.64. The maximum Gasteiger partial charge on any atom is 0.257 e. The second-order valence-corrected chi connectivity index (χ2v) is 3.59. The molecule has 1 aliphatic rings. The van der Waals surface area contributed by atoms with Crippen molar-refractivity contribution < 1.29 is 9.59 Å². The van der Waals surface area contributed by atoms with Gasteiger partial charge in [0.25, 0.3) is 5.91 Å². The van der Waals surface area contributed by atoms with Gasteiger partial charge in [0.15, 0.2) is 0 Å². The Hall–Kier alpha value is -1.98. The summed E-state index contributed by atoms with van der Waals surface area (Å²) in [5, 5.41) is 2.70. The SMILES string of the molecule is CC1C(=O)NCCN1C(=O)c1cncnc1. The van der Waals surface area contributed by atoms with Crippen LogP contribution in [0.25, 0.3) is 0 Å². The molecule has 6 heteroatoms. The van der Waals surface area contributed by atoms with Crippen LogP contribution in [0.3, 0.4) is 0 Å². The van der Waals surface area contributed by atoms with Crippen LogP contribution >= 0.6 is 0 Å². The second kappa shape index (κ2) is 4.26. The highest BCUT2D eigenvalue weighted by molar-refractivity contribution is 5.97. The van der Waals surface area contributed by atoms with Crippen LogP contribution in [0.2, 0.25) is 0 Å². The number of piperazine rings is 1. The summed E-state index contributed by atoms with van der Waals surface area (Å²) in [7, 11) is 0. The lowest BCUT2D eigenvalue weighted by Crippen LogP contribution is -2.55. The Morgan fingerprint density at radius 1 is 1.50 bits per heavy atom. The van der Waals surface area contributed by atoms with Crippen LogP contribution in [0.15, 0.2) is 18.7 Å². The van der Waals surface area contributed by atoms with Crippen LogP contribution in [0.1, 0.15) is 17.3 Å². The van der Waals surface area contributed by atoms with Crippen molar-refractivity contribution >= 4 is 11.8 Å². The van der Waals surface area contributed by atoms with Crippen molar-refractivity contribution in [2.75, 3.05) is 13.1 Å². The highest BCUT2D eigenvalue weighted by Gasteiger charge is 2.29. The Morgan fingerprint density at radius 3 is 2.88 bits per heavy atom. The lowest BCUT2D eigenvalue weighted by molar-refractivity contribution is -0.127. The van der Waals surface area contributed by atoms with Gasteiger partial charge in [0.1, 0.15) is 12.4 Å². The van der Waals surface area contributed by atoms with Gasteiger partial charge in [-0.05, 0) is 6.92 Å². The Kier molecular flexibility index (Phi) is 2.80. The van der Waals surface area contributed by atoms with Crippen LogP contribution in [0, 0.1) is 0 Å². The van der Waals surface area contributed by atoms with E-state index in [1.807, 2.05) is 0 Å². The van der Waals surface area contributed by atoms with Gasteiger partial charge in [0.2, 0.25) is 5.91 Å². The highest BCUT2D eigenvalue weighted by atomic mass is 16.2. The summed E-state index contributed by atoms with van der Waals surface area (Å²) < 4.78 is 0. The van der Waals surface area contributed by atoms with E-state index >= 15 is 0 Å². The lowest BCUT2D eigenvalue weighted by Gasteiger charge is -2.32. The molecule has 0 saturated carbocycles. The first-order chi connectivity index (χ1) is 7.70. The second-order valence-electron chi connectivity index (χ2n) is 3.59. The lowest BCUT2D eigenvalue weighted by atomic mass is 10.1. The van der Waals surface area contributed by atoms with Gasteiger partial charge in [0, 0.05) is 25.5 Å². The molecule has 1 aliphatic heterocycles. The van der Waals surface area contributed by atoms with Crippen LogP contribution in [-0.4, -0.2) is 45.8 Å². The van der Waals surface area contributed by atoms with Crippen molar-refractivity contribution in [2.45, 2.75) is 13.0 Å². The highest BCUT2D eigenvalue weighted by Crippen LogP contribution is 2.09. The zero-order chi connectivity index (χ0) is 11.5. The van der Waals surface area contributed by atoms with Gasteiger partial charge < -0.3 is 10.2 Å². The molecule has 1 fully saturated rings. The number of rotatable bonds is 1. The molecule has 1 unspecified atom stereocenters. The molecule has 0 bridgehead atoms. The zero-order valence-corrected chi connectivity index (χ0v) is 8.88. The minimum Gasteiger partial charge on any atom is -0.353 e. The van der Waals surface area contributed by atoms with Crippen LogP contribution in [-0.2, 0) is 4.79 Å². The number of hydrogen-bond acceptors (Lipinski definition) is 4. The zero-order valence-electron chi connectivity index (χ0n) is 8.88. The molecule has 1 saturated heterocycles. The fraction of sp³-hybridized carbons (Fsp3) is 0.400. The van der Waals surface area contributed by atoms with Gasteiger partial charge in [-0.25, -0.2) is 9.97 Å². The number of carbonyl (C=O) groups is 2. The number of amides is 2. The Morgan fingerprint density at radius 2 is 2.19 bits per heavy atom. The average Bonchev–Trinajstić information content (AvgIpc) is 2.33. The standard InChI is InChI=1S/C10H12N4O2/c1-7-9(15)13-2-3-14(7)10(16)8-4-11-6-12-5-8/h4-7H,2-3H2,1H3,(H,13,15). The fourth-order valence-electron chi connectivity index (χ4n) is 1.64. The normalized spacial score (nSPS) is 20.4. The van der Waals surface area contributed by atoms with Crippen LogP contribution < -0.4 is 5.32 Å². The van der Waals surface area contributed by atoms with Gasteiger partial charge in [-0.15, -0.1) is 0 Å². The van der Waals surface area contributed by atoms with E-state index in [-0.39, 0.29) is 11.8 Å². The molecule has 1 atom stereocenters. The molecule has 1 N–H and O–H groups in total. The summed E-state index contributed by atoms with van der Waals surface area (Å²) >= 11 is 0. The van der Waals surface area contributed by atoms with E-state index < -0.39 is 6.04 Å². The third-order valence-electron chi connectivity index (χ3n) is 2.57. The number of aromatic nitrogens is 2. The summed E-state index contributed by atoms with van der Waals surface area (Å²) in [5.41, 5.74) is 0.407. The van der Waals surface area contributed by atoms with Crippen molar-refractivity contribution in [3.05, 3.63) is 24.3 Å². The Labute approximate surface area is 92.7 Å². The van der Waals surface area contributed by atoms with E-state index in [1.165, 1.54) is 23.6 Å². The van der Waals surface area contributed by atoms with Crippen LogP contribution in [0.4, 0.5) is 0 Å². The first kappa shape index (κ1) is 10.5. The third-order valence-corrected chi connectivity index (χ3v) is 2.57. The molecule has 2 amide bonds. The molecule has 16 heavy (non-hydrogen) atoms. The van der Waals surface area contributed by atoms with E-state index in [0.29, 0.717) is 18.7 Å². The number of nitrogens with zero attached hydrogens (tertiary/aromatic N) is 3. The maximum atomic E-state index is 12.0. The largest absolute Gasteiger partial charge is 0.353 e. The quantitative estimate of drug-likeness (QED) is 0.688. The first-order valence-electron chi connectivity index (χ1n) is 5.04. The summed E-state index contributed by atoms with van der Waals surface area (Å²) in [6.45, 7) is 2.71. The number of hydrogen-bond donors (Lipinski definition) is 1. The van der Waals surface area contributed by atoms with Gasteiger partial charge >= 0.3 is 0 Å². The van der Waals surface area contributed by atoms with Gasteiger partial charge in [-0.2, -0.15) is 0 Å². The summed E-state index contributed by atoms with van der Waals surface area (Å²) in [4.78, 5) is 32.5. The minimum atomic E-state index is -0.443. The smallest absolute Gasteiger partial charge is 0.257 e. The van der Waals surface area contributed by atoms with E-state index in [9.17, 15) is 9.59 Å². The van der Waals surface area contributed by atoms with Gasteiger partial charge in [-0.3, -0.25) is 9.59 Å². The number of nitrogens with one attached hydrogen (secondary N) is 1. The summed E-state index contributed by atoms with van der Waals surface area (Å²) in [6, 6.07) is -0.443. The van der Waals surface area contributed by atoms with Gasteiger partial charge in [-0.1, -0.05) is 0 Å². The average molecular weight is 220 g/mol. The van der Waals surface area contributed by atoms with E-state index in [0.717, 1.165) is 0 Å². The van der Waals surface area contributed by atoms with Crippen molar-refractivity contribution in [3.8, 4) is 0 Å². The number of carbonyl (C=O) groups excluding carboxylic acids is 2. The Bertz CT molecular complexity index is 407. The molecule has 0 radical (unpaired) electrons. The molecule has 0 aliphatic carbocycles. The topological polar surface area (TPSA) is 75.2 Å². The van der Waals surface area contributed by atoms with Crippen LogP contribution in [0.5, 0.6) is 0 Å². The maximum absolute atomic E-state index is 12.0. The van der Waals surface area contributed by atoms with E-state index in [1.54, 1.807) is 6.92 Å². The predicted octanol–water partition coefficient (Wildman–Crippen LogP) is -0.563. The first-order valence-corrected chi connectivity index (χ1v) is 5.04. The summed E-state index contributed by atoms with van der Waals surface area (Å²) in [6.07, 6.45) is 4.27. The molecule has 2 rings (SSSR count). The van der Waals surface area contributed by atoms with E-state index in [2.05, 4.69) is 15.3 Å². The predicted molar refractivity (Wildman–Crippen MR) is 55.5 cm³/mol. The molecular formula is C10H12N4O2. The monoisotopic (exact) mass is 220 g/mol. The third kappa shape index (κ3) is 1.86. The molecule has 1 aromatic heterocycles. The molecule has 84 valence electrons. The van der Waals surface area contributed by atoms with Gasteiger partial charge in [0.05, 0.1) is 5.56 Å². The molecule has 2 heterocycles. The molecule has 6 nitrogen and oxygen atoms in total. The van der Waals surface area contributed by atoms with E-state index in [4.69, 9.17) is 0 Å². The molecule has 0 spiro atoms. The van der Waals surface area contributed by atoms with Crippen molar-refractivity contribution in [1.29, 1.82) is 0 Å². The van der Waals surface area contributed by atoms with Crippen molar-refractivity contribution in [1.82, 2.24) is 20.2 Å². The Balaban J connectivity index is 2.19. The summed E-state index contributed by atoms with van der Waals surface area (Å²) in [5.74, 6) is -0.334. The van der Waals surface area contributed by atoms with Crippen molar-refractivity contribution in [2.24, 2.45) is 0 Å². The molecule has 1 aromatic rings. The molecule has 0 aromatic carbocycles. The van der Waals surface area contributed by atoms with Crippen molar-refractivity contribution in [3.63, 3.8) is 0 Å².